The number of imidazole rings is 1. The lowest BCUT2D eigenvalue weighted by Crippen LogP contribution is -2.02. The summed E-state index contributed by atoms with van der Waals surface area (Å²) in [4.78, 5) is 11.7. The molecule has 0 aliphatic heterocycles. The Balaban J connectivity index is 2.09. The quantitative estimate of drug-likeness (QED) is 0.853. The van der Waals surface area contributed by atoms with Crippen molar-refractivity contribution in [2.75, 3.05) is 5.32 Å². The van der Waals surface area contributed by atoms with Crippen LogP contribution in [0, 0.1) is 13.8 Å². The Bertz CT molecular complexity index is 519. The molecule has 0 bridgehead atoms. The number of rotatable bonds is 3. The van der Waals surface area contributed by atoms with Crippen LogP contribution in [-0.2, 0) is 6.54 Å². The van der Waals surface area contributed by atoms with Crippen molar-refractivity contribution in [3.63, 3.8) is 0 Å². The maximum absolute atomic E-state index is 5.88. The summed E-state index contributed by atoms with van der Waals surface area (Å²) in [5.41, 5.74) is 2.96. The Hall–Kier alpha value is -1.07. The van der Waals surface area contributed by atoms with E-state index in [0.29, 0.717) is 11.6 Å². The highest BCUT2D eigenvalue weighted by Crippen LogP contribution is 2.23. The maximum atomic E-state index is 5.88. The molecule has 0 radical (unpaired) electrons. The summed E-state index contributed by atoms with van der Waals surface area (Å²) in [7, 11) is 0. The highest BCUT2D eigenvalue weighted by atomic mass is 79.9. The van der Waals surface area contributed by atoms with E-state index < -0.39 is 0 Å². The zero-order chi connectivity index (χ0) is 12.4. The number of aromatic nitrogens is 3. The smallest absolute Gasteiger partial charge is 0.129 e. The molecule has 90 valence electrons. The van der Waals surface area contributed by atoms with Crippen molar-refractivity contribution in [1.29, 1.82) is 0 Å². The molecule has 0 saturated heterocycles. The highest BCUT2D eigenvalue weighted by molar-refractivity contribution is 9.10. The molecule has 0 aliphatic carbocycles. The number of aromatic amines is 1. The molecule has 0 saturated carbocycles. The SMILES string of the molecule is Cc1nc(CNc2cc(Cl)cnc2Br)[nH]c1C. The van der Waals surface area contributed by atoms with E-state index >= 15 is 0 Å². The zero-order valence-electron chi connectivity index (χ0n) is 9.51. The summed E-state index contributed by atoms with van der Waals surface area (Å²) >= 11 is 9.24. The molecule has 17 heavy (non-hydrogen) atoms. The van der Waals surface area contributed by atoms with Crippen LogP contribution in [0.1, 0.15) is 17.2 Å². The van der Waals surface area contributed by atoms with Crippen LogP contribution >= 0.6 is 27.5 Å². The predicted molar refractivity (Wildman–Crippen MR) is 72.3 cm³/mol. The van der Waals surface area contributed by atoms with E-state index in [1.807, 2.05) is 19.9 Å². The minimum Gasteiger partial charge on any atom is -0.376 e. The Morgan fingerprint density at radius 3 is 2.88 bits per heavy atom. The van der Waals surface area contributed by atoms with Gasteiger partial charge < -0.3 is 10.3 Å². The van der Waals surface area contributed by atoms with E-state index in [-0.39, 0.29) is 0 Å². The van der Waals surface area contributed by atoms with Crippen LogP contribution in [0.3, 0.4) is 0 Å². The van der Waals surface area contributed by atoms with Crippen molar-refractivity contribution in [1.82, 2.24) is 15.0 Å². The number of halogens is 2. The molecule has 0 atom stereocenters. The second kappa shape index (κ2) is 5.06. The normalized spacial score (nSPS) is 10.6. The van der Waals surface area contributed by atoms with Gasteiger partial charge in [-0.25, -0.2) is 9.97 Å². The van der Waals surface area contributed by atoms with E-state index in [0.717, 1.165) is 27.5 Å². The minimum atomic E-state index is 0.600. The molecule has 4 nitrogen and oxygen atoms in total. The summed E-state index contributed by atoms with van der Waals surface area (Å²) in [5, 5.41) is 3.82. The fraction of sp³-hybridized carbons (Fsp3) is 0.273. The summed E-state index contributed by atoms with van der Waals surface area (Å²) in [6.45, 7) is 4.59. The largest absolute Gasteiger partial charge is 0.376 e. The molecule has 0 aliphatic rings. The molecule has 0 unspecified atom stereocenters. The minimum absolute atomic E-state index is 0.600. The predicted octanol–water partition coefficient (Wildman–Crippen LogP) is 3.45. The summed E-state index contributed by atoms with van der Waals surface area (Å²) in [5.74, 6) is 0.895. The molecule has 2 aromatic heterocycles. The molecular formula is C11H12BrClN4. The summed E-state index contributed by atoms with van der Waals surface area (Å²) < 4.78 is 0.738. The van der Waals surface area contributed by atoms with Crippen LogP contribution in [0.25, 0.3) is 0 Å². The van der Waals surface area contributed by atoms with Gasteiger partial charge in [0.2, 0.25) is 0 Å². The topological polar surface area (TPSA) is 53.6 Å². The van der Waals surface area contributed by atoms with Gasteiger partial charge in [-0.2, -0.15) is 0 Å². The second-order valence-corrected chi connectivity index (χ2v) is 4.93. The number of aryl methyl sites for hydroxylation is 2. The van der Waals surface area contributed by atoms with Crippen molar-refractivity contribution in [3.8, 4) is 0 Å². The highest BCUT2D eigenvalue weighted by Gasteiger charge is 2.05. The Morgan fingerprint density at radius 1 is 1.47 bits per heavy atom. The van der Waals surface area contributed by atoms with Crippen LogP contribution in [0.2, 0.25) is 5.02 Å². The monoisotopic (exact) mass is 314 g/mol. The molecule has 0 aromatic carbocycles. The van der Waals surface area contributed by atoms with E-state index in [4.69, 9.17) is 11.6 Å². The first-order valence-corrected chi connectivity index (χ1v) is 6.30. The average molecular weight is 316 g/mol. The van der Waals surface area contributed by atoms with Gasteiger partial charge in [0.15, 0.2) is 0 Å². The van der Waals surface area contributed by atoms with Crippen molar-refractivity contribution in [2.45, 2.75) is 20.4 Å². The fourth-order valence-electron chi connectivity index (χ4n) is 1.43. The first-order chi connectivity index (χ1) is 8.06. The van der Waals surface area contributed by atoms with E-state index in [1.165, 1.54) is 0 Å². The molecule has 6 heteroatoms. The van der Waals surface area contributed by atoms with Gasteiger partial charge >= 0.3 is 0 Å². The number of anilines is 1. The first kappa shape index (κ1) is 12.4. The van der Waals surface area contributed by atoms with E-state index in [9.17, 15) is 0 Å². The van der Waals surface area contributed by atoms with Gasteiger partial charge in [-0.3, -0.25) is 0 Å². The van der Waals surface area contributed by atoms with Gasteiger partial charge in [-0.15, -0.1) is 0 Å². The average Bonchev–Trinajstić information content (AvgIpc) is 2.60. The van der Waals surface area contributed by atoms with Crippen molar-refractivity contribution >= 4 is 33.2 Å². The van der Waals surface area contributed by atoms with Crippen LogP contribution in [0.4, 0.5) is 5.69 Å². The molecular weight excluding hydrogens is 304 g/mol. The second-order valence-electron chi connectivity index (χ2n) is 3.74. The fourth-order valence-corrected chi connectivity index (χ4v) is 1.95. The number of hydrogen-bond acceptors (Lipinski definition) is 3. The molecule has 2 rings (SSSR count). The van der Waals surface area contributed by atoms with Gasteiger partial charge in [-0.1, -0.05) is 11.6 Å². The van der Waals surface area contributed by atoms with Crippen LogP contribution < -0.4 is 5.32 Å². The van der Waals surface area contributed by atoms with Gasteiger partial charge in [0.25, 0.3) is 0 Å². The molecule has 2 N–H and O–H groups in total. The van der Waals surface area contributed by atoms with Crippen molar-refractivity contribution in [2.24, 2.45) is 0 Å². The van der Waals surface area contributed by atoms with Gasteiger partial charge in [0.05, 0.1) is 22.9 Å². The molecule has 0 spiro atoms. The Kier molecular flexibility index (Phi) is 3.69. The Morgan fingerprint density at radius 2 is 2.24 bits per heavy atom. The number of H-pyrrole nitrogens is 1. The third-order valence-corrected chi connectivity index (χ3v) is 3.27. The lowest BCUT2D eigenvalue weighted by Gasteiger charge is -2.06. The third-order valence-electron chi connectivity index (χ3n) is 2.43. The lowest BCUT2D eigenvalue weighted by molar-refractivity contribution is 0.983. The number of nitrogens with one attached hydrogen (secondary N) is 2. The third kappa shape index (κ3) is 2.98. The van der Waals surface area contributed by atoms with Crippen LogP contribution in [-0.4, -0.2) is 15.0 Å². The summed E-state index contributed by atoms with van der Waals surface area (Å²) in [6, 6.07) is 1.82. The number of nitrogens with zero attached hydrogens (tertiary/aromatic N) is 2. The maximum Gasteiger partial charge on any atom is 0.129 e. The van der Waals surface area contributed by atoms with Crippen molar-refractivity contribution in [3.05, 3.63) is 39.1 Å². The molecule has 2 heterocycles. The first-order valence-electron chi connectivity index (χ1n) is 5.13. The summed E-state index contributed by atoms with van der Waals surface area (Å²) in [6.07, 6.45) is 1.60. The molecule has 0 fully saturated rings. The zero-order valence-corrected chi connectivity index (χ0v) is 11.9. The Labute approximate surface area is 113 Å². The number of pyridine rings is 1. The van der Waals surface area contributed by atoms with Gasteiger partial charge in [0, 0.05) is 11.9 Å². The van der Waals surface area contributed by atoms with E-state index in [2.05, 4.69) is 36.2 Å². The lowest BCUT2D eigenvalue weighted by atomic mass is 10.4. The van der Waals surface area contributed by atoms with Gasteiger partial charge in [0.1, 0.15) is 10.4 Å². The number of hydrogen-bond donors (Lipinski definition) is 2. The van der Waals surface area contributed by atoms with Gasteiger partial charge in [-0.05, 0) is 35.8 Å². The van der Waals surface area contributed by atoms with Crippen LogP contribution in [0.15, 0.2) is 16.9 Å². The standard InChI is InChI=1S/C11H12BrClN4/c1-6-7(2)17-10(16-6)5-14-9-3-8(13)4-15-11(9)12/h3-4,14H,5H2,1-2H3,(H,16,17). The van der Waals surface area contributed by atoms with E-state index in [1.54, 1.807) is 6.20 Å². The van der Waals surface area contributed by atoms with Crippen LogP contribution in [0.5, 0.6) is 0 Å². The molecule has 0 amide bonds. The van der Waals surface area contributed by atoms with Crippen molar-refractivity contribution < 1.29 is 0 Å². The molecule has 2 aromatic rings.